The molecule has 1 atom stereocenters. The molecule has 0 fully saturated rings. The number of ether oxygens (including phenoxy) is 1. The Morgan fingerprint density at radius 1 is 1.24 bits per heavy atom. The van der Waals surface area contributed by atoms with Crippen LogP contribution >= 0.6 is 0 Å². The summed E-state index contributed by atoms with van der Waals surface area (Å²) in [7, 11) is 0. The van der Waals surface area contributed by atoms with E-state index in [-0.39, 0.29) is 0 Å². The van der Waals surface area contributed by atoms with Gasteiger partial charge in [-0.25, -0.2) is 9.18 Å². The van der Waals surface area contributed by atoms with Crippen molar-refractivity contribution in [2.75, 3.05) is 6.61 Å². The Hall–Kier alpha value is -1.15. The van der Waals surface area contributed by atoms with Crippen LogP contribution in [-0.4, -0.2) is 37.0 Å². The topological polar surface area (TPSA) is 38.3 Å². The van der Waals surface area contributed by atoms with Crippen LogP contribution in [0.2, 0.25) is 0 Å². The number of carbonyl (C=O) groups is 1. The highest BCUT2D eigenvalue weighted by Crippen LogP contribution is 2.34. The molecule has 1 N–H and O–H groups in total. The summed E-state index contributed by atoms with van der Waals surface area (Å²) in [5.74, 6) is -4.81. The van der Waals surface area contributed by atoms with Crippen molar-refractivity contribution in [1.82, 2.24) is 5.32 Å². The van der Waals surface area contributed by atoms with Gasteiger partial charge in [0.05, 0.1) is 0 Å². The van der Waals surface area contributed by atoms with E-state index in [4.69, 9.17) is 0 Å². The zero-order valence-corrected chi connectivity index (χ0v) is 8.95. The van der Waals surface area contributed by atoms with E-state index in [9.17, 15) is 31.1 Å². The van der Waals surface area contributed by atoms with Gasteiger partial charge in [-0.1, -0.05) is 0 Å². The van der Waals surface area contributed by atoms with Gasteiger partial charge in [0.1, 0.15) is 0 Å². The molecule has 1 unspecified atom stereocenters. The zero-order valence-electron chi connectivity index (χ0n) is 8.95. The second-order valence-electron chi connectivity index (χ2n) is 3.54. The maximum absolute atomic E-state index is 12.6. The zero-order chi connectivity index (χ0) is 13.9. The van der Waals surface area contributed by atoms with E-state index in [1.807, 2.05) is 5.32 Å². The molecule has 0 spiro atoms. The van der Waals surface area contributed by atoms with Gasteiger partial charge in [0.2, 0.25) is 0 Å². The first-order valence-corrected chi connectivity index (χ1v) is 4.48. The Morgan fingerprint density at radius 2 is 1.71 bits per heavy atom. The lowest BCUT2D eigenvalue weighted by Crippen LogP contribution is -2.46. The first kappa shape index (κ1) is 15.9. The summed E-state index contributed by atoms with van der Waals surface area (Å²) in [6, 6.07) is -0.445. The average molecular weight is 267 g/mol. The molecule has 0 aliphatic carbocycles. The third-order valence-corrected chi connectivity index (χ3v) is 1.46. The monoisotopic (exact) mass is 267 g/mol. The Balaban J connectivity index is 4.32. The molecule has 0 aromatic heterocycles. The van der Waals surface area contributed by atoms with E-state index in [0.717, 1.165) is 0 Å². The quantitative estimate of drug-likeness (QED) is 0.795. The smallest absolute Gasteiger partial charge is 0.425 e. The van der Waals surface area contributed by atoms with Gasteiger partial charge in [0, 0.05) is 6.04 Å². The Labute approximate surface area is 93.1 Å². The molecule has 0 radical (unpaired) electrons. The molecule has 0 aromatic rings. The highest BCUT2D eigenvalue weighted by molar-refractivity contribution is 5.67. The van der Waals surface area contributed by atoms with Crippen molar-refractivity contribution in [3.8, 4) is 0 Å². The van der Waals surface area contributed by atoms with Crippen LogP contribution < -0.4 is 5.32 Å². The van der Waals surface area contributed by atoms with Crippen LogP contribution in [0.5, 0.6) is 0 Å². The fraction of sp³-hybridized carbons (Fsp3) is 0.875. The van der Waals surface area contributed by atoms with Crippen molar-refractivity contribution in [3.05, 3.63) is 0 Å². The molecule has 17 heavy (non-hydrogen) atoms. The number of halogens is 6. The lowest BCUT2D eigenvalue weighted by molar-refractivity contribution is -0.251. The van der Waals surface area contributed by atoms with Gasteiger partial charge in [-0.2, -0.15) is 22.0 Å². The van der Waals surface area contributed by atoms with E-state index in [2.05, 4.69) is 4.74 Å². The van der Waals surface area contributed by atoms with Crippen LogP contribution in [0.4, 0.5) is 31.1 Å². The van der Waals surface area contributed by atoms with E-state index >= 15 is 0 Å². The van der Waals surface area contributed by atoms with Crippen molar-refractivity contribution < 1.29 is 35.9 Å². The van der Waals surface area contributed by atoms with Gasteiger partial charge in [0.15, 0.2) is 6.61 Å². The lowest BCUT2D eigenvalue weighted by atomic mass is 10.2. The van der Waals surface area contributed by atoms with E-state index in [1.165, 1.54) is 13.8 Å². The van der Waals surface area contributed by atoms with Gasteiger partial charge < -0.3 is 10.1 Å². The molecule has 9 heteroatoms. The fourth-order valence-corrected chi connectivity index (χ4v) is 0.752. The molecule has 0 saturated carbocycles. The number of hydrogen-bond acceptors (Lipinski definition) is 2. The van der Waals surface area contributed by atoms with Gasteiger partial charge in [-0.05, 0) is 13.8 Å². The third kappa shape index (κ3) is 5.64. The largest absolute Gasteiger partial charge is 0.443 e. The number of hydrogen-bond donors (Lipinski definition) is 1. The fourth-order valence-electron chi connectivity index (χ4n) is 0.752. The molecular formula is C8H11F6NO2. The summed E-state index contributed by atoms with van der Waals surface area (Å²) in [6.45, 7) is 0.979. The highest BCUT2D eigenvalue weighted by atomic mass is 19.4. The average Bonchev–Trinajstić information content (AvgIpc) is 2.11. The molecular weight excluding hydrogens is 256 g/mol. The van der Waals surface area contributed by atoms with Crippen LogP contribution in [0.3, 0.4) is 0 Å². The standard InChI is InChI=1S/C8H11F6NO2/c1-4(2)15-6(16)17-3-7(10,11)5(9)8(12,13)14/h4-5H,3H2,1-2H3,(H,15,16). The molecule has 1 amide bonds. The van der Waals surface area contributed by atoms with Crippen LogP contribution in [-0.2, 0) is 4.74 Å². The summed E-state index contributed by atoms with van der Waals surface area (Å²) < 4.78 is 76.3. The lowest BCUT2D eigenvalue weighted by Gasteiger charge is -2.22. The molecule has 102 valence electrons. The second kappa shape index (κ2) is 5.46. The maximum Gasteiger partial charge on any atom is 0.425 e. The molecule has 0 rings (SSSR count). The summed E-state index contributed by atoms with van der Waals surface area (Å²) in [6.07, 6.45) is -11.4. The van der Waals surface area contributed by atoms with Gasteiger partial charge in [-0.15, -0.1) is 0 Å². The predicted octanol–water partition coefficient (Wildman–Crippen LogP) is 2.66. The van der Waals surface area contributed by atoms with Crippen molar-refractivity contribution in [1.29, 1.82) is 0 Å². The number of alkyl carbamates (subject to hydrolysis) is 1. The SMILES string of the molecule is CC(C)NC(=O)OCC(F)(F)C(F)C(F)(F)F. The molecule has 0 aromatic carbocycles. The van der Waals surface area contributed by atoms with Crippen molar-refractivity contribution >= 4 is 6.09 Å². The van der Waals surface area contributed by atoms with Crippen molar-refractivity contribution in [3.63, 3.8) is 0 Å². The number of amides is 1. The van der Waals surface area contributed by atoms with Gasteiger partial charge in [-0.3, -0.25) is 0 Å². The minimum atomic E-state index is -5.71. The van der Waals surface area contributed by atoms with E-state index < -0.39 is 37.0 Å². The summed E-state index contributed by atoms with van der Waals surface area (Å²) in [4.78, 5) is 10.7. The minimum Gasteiger partial charge on any atom is -0.443 e. The van der Waals surface area contributed by atoms with Crippen molar-refractivity contribution in [2.45, 2.75) is 38.2 Å². The van der Waals surface area contributed by atoms with Crippen LogP contribution in [0.25, 0.3) is 0 Å². The van der Waals surface area contributed by atoms with Gasteiger partial charge >= 0.3 is 18.2 Å². The highest BCUT2D eigenvalue weighted by Gasteiger charge is 2.57. The number of alkyl halides is 6. The number of carbonyl (C=O) groups excluding carboxylic acids is 1. The second-order valence-corrected chi connectivity index (χ2v) is 3.54. The Bertz CT molecular complexity index is 265. The first-order valence-electron chi connectivity index (χ1n) is 4.48. The first-order chi connectivity index (χ1) is 7.47. The van der Waals surface area contributed by atoms with Crippen LogP contribution in [0, 0.1) is 0 Å². The Morgan fingerprint density at radius 3 is 2.06 bits per heavy atom. The molecule has 3 nitrogen and oxygen atoms in total. The van der Waals surface area contributed by atoms with E-state index in [0.29, 0.717) is 0 Å². The molecule has 0 saturated heterocycles. The molecule has 0 aliphatic heterocycles. The number of nitrogens with one attached hydrogen (secondary N) is 1. The minimum absolute atomic E-state index is 0.445. The van der Waals surface area contributed by atoms with Gasteiger partial charge in [0.25, 0.3) is 6.17 Å². The third-order valence-electron chi connectivity index (χ3n) is 1.46. The predicted molar refractivity (Wildman–Crippen MR) is 45.5 cm³/mol. The van der Waals surface area contributed by atoms with E-state index in [1.54, 1.807) is 0 Å². The molecule has 0 aliphatic rings. The van der Waals surface area contributed by atoms with Crippen molar-refractivity contribution in [2.24, 2.45) is 0 Å². The summed E-state index contributed by atoms with van der Waals surface area (Å²) >= 11 is 0. The van der Waals surface area contributed by atoms with Crippen LogP contribution in [0.15, 0.2) is 0 Å². The number of rotatable bonds is 4. The maximum atomic E-state index is 12.6. The Kier molecular flexibility index (Phi) is 5.09. The summed E-state index contributed by atoms with van der Waals surface area (Å²) in [5.41, 5.74) is 0. The normalized spacial score (nSPS) is 14.6. The molecule has 0 bridgehead atoms. The van der Waals surface area contributed by atoms with Crippen LogP contribution in [0.1, 0.15) is 13.8 Å². The molecule has 0 heterocycles. The summed E-state index contributed by atoms with van der Waals surface area (Å²) in [5, 5.41) is 1.99.